The van der Waals surface area contributed by atoms with Crippen LogP contribution in [0.1, 0.15) is 48.2 Å². The zero-order valence-electron chi connectivity index (χ0n) is 17.6. The van der Waals surface area contributed by atoms with Crippen molar-refractivity contribution < 1.29 is 26.4 Å². The zero-order valence-corrected chi connectivity index (χ0v) is 19.3. The maximum atomic E-state index is 13.3. The molecule has 1 saturated heterocycles. The van der Waals surface area contributed by atoms with Crippen LogP contribution in [0, 0.1) is 5.92 Å². The van der Waals surface area contributed by atoms with E-state index in [0.29, 0.717) is 19.4 Å². The van der Waals surface area contributed by atoms with Crippen molar-refractivity contribution in [1.82, 2.24) is 9.21 Å². The van der Waals surface area contributed by atoms with Gasteiger partial charge in [-0.2, -0.15) is 17.5 Å². The molecule has 1 atom stereocenters. The van der Waals surface area contributed by atoms with E-state index < -0.39 is 26.7 Å². The van der Waals surface area contributed by atoms with Gasteiger partial charge in [0.25, 0.3) is 0 Å². The summed E-state index contributed by atoms with van der Waals surface area (Å²) < 4.78 is 67.0. The molecule has 0 spiro atoms. The number of sulfonamides is 1. The number of nitrogens with zero attached hydrogens (tertiary/aromatic N) is 2. The van der Waals surface area contributed by atoms with Crippen molar-refractivity contribution in [2.45, 2.75) is 49.7 Å². The average Bonchev–Trinajstić information content (AvgIpc) is 3.26. The molecule has 3 heterocycles. The van der Waals surface area contributed by atoms with Crippen LogP contribution in [0.4, 0.5) is 13.2 Å². The fourth-order valence-electron chi connectivity index (χ4n) is 4.74. The van der Waals surface area contributed by atoms with Crippen molar-refractivity contribution in [2.75, 3.05) is 19.6 Å². The van der Waals surface area contributed by atoms with Gasteiger partial charge in [0.15, 0.2) is 0 Å². The molecule has 1 fully saturated rings. The largest absolute Gasteiger partial charge is 0.417 e. The Kier molecular flexibility index (Phi) is 6.39. The summed E-state index contributed by atoms with van der Waals surface area (Å²) in [7, 11) is -4.31. The Morgan fingerprint density at radius 2 is 1.81 bits per heavy atom. The molecule has 10 heteroatoms. The molecule has 0 N–H and O–H groups in total. The average molecular weight is 487 g/mol. The fourth-order valence-corrected chi connectivity index (χ4v) is 7.35. The van der Waals surface area contributed by atoms with Gasteiger partial charge < -0.3 is 4.90 Å². The number of hydrogen-bond acceptors (Lipinski definition) is 4. The molecule has 1 aromatic heterocycles. The molecule has 5 nitrogen and oxygen atoms in total. The minimum absolute atomic E-state index is 0.0152. The molecule has 1 amide bonds. The highest BCUT2D eigenvalue weighted by atomic mass is 32.2. The number of carbonyl (C=O) groups is 1. The van der Waals surface area contributed by atoms with Crippen molar-refractivity contribution in [3.05, 3.63) is 51.7 Å². The maximum absolute atomic E-state index is 13.3. The summed E-state index contributed by atoms with van der Waals surface area (Å²) in [6.45, 7) is 2.74. The van der Waals surface area contributed by atoms with Gasteiger partial charge in [-0.1, -0.05) is 19.1 Å². The van der Waals surface area contributed by atoms with Crippen molar-refractivity contribution in [3.63, 3.8) is 0 Å². The summed E-state index contributed by atoms with van der Waals surface area (Å²) in [5, 5.41) is 2.05. The Labute approximate surface area is 189 Å². The van der Waals surface area contributed by atoms with Crippen LogP contribution in [0.3, 0.4) is 0 Å². The van der Waals surface area contributed by atoms with Crippen molar-refractivity contribution >= 4 is 27.3 Å². The molecule has 1 unspecified atom stereocenters. The lowest BCUT2D eigenvalue weighted by Crippen LogP contribution is -2.47. The van der Waals surface area contributed by atoms with E-state index in [1.165, 1.54) is 22.6 Å². The predicted octanol–water partition coefficient (Wildman–Crippen LogP) is 4.70. The normalized spacial score (nSPS) is 20.9. The van der Waals surface area contributed by atoms with Crippen molar-refractivity contribution in [2.24, 2.45) is 5.92 Å². The second-order valence-electron chi connectivity index (χ2n) is 8.18. The molecule has 4 rings (SSSR count). The Hall–Kier alpha value is -1.91. The standard InChI is InChI=1S/C22H25F3N2O3S2/c1-2-18-16-10-14-31-19(16)9-13-27(18)21(28)15-7-11-26(12-8-15)32(29,30)20-6-4-3-5-17(20)22(23,24)25/h3-6,10,14-15,18H,2,7-9,11-13H2,1H3. The van der Waals surface area contributed by atoms with Crippen molar-refractivity contribution in [1.29, 1.82) is 0 Å². The summed E-state index contributed by atoms with van der Waals surface area (Å²) in [5.41, 5.74) is 0.0322. The first-order chi connectivity index (χ1) is 15.1. The van der Waals surface area contributed by atoms with Crippen LogP contribution in [0.5, 0.6) is 0 Å². The summed E-state index contributed by atoms with van der Waals surface area (Å²) in [6.07, 6.45) is -2.54. The molecular formula is C22H25F3N2O3S2. The van der Waals surface area contributed by atoms with Crippen molar-refractivity contribution in [3.8, 4) is 0 Å². The molecule has 174 valence electrons. The topological polar surface area (TPSA) is 57.7 Å². The van der Waals surface area contributed by atoms with Crippen LogP contribution in [-0.4, -0.2) is 43.2 Å². The van der Waals surface area contributed by atoms with Crippen LogP contribution in [-0.2, 0) is 27.4 Å². The van der Waals surface area contributed by atoms with E-state index in [4.69, 9.17) is 0 Å². The zero-order chi connectivity index (χ0) is 23.1. The first kappa shape index (κ1) is 23.3. The van der Waals surface area contributed by atoms with Gasteiger partial charge in [0.1, 0.15) is 0 Å². The van der Waals surface area contributed by atoms with E-state index in [0.717, 1.165) is 29.3 Å². The molecule has 0 saturated carbocycles. The number of rotatable bonds is 4. The minimum atomic E-state index is -4.76. The molecule has 2 aliphatic rings. The Bertz CT molecular complexity index is 1090. The van der Waals surface area contributed by atoms with Gasteiger partial charge in [0.05, 0.1) is 16.5 Å². The summed E-state index contributed by atoms with van der Waals surface area (Å²) >= 11 is 1.71. The number of fused-ring (bicyclic) bond motifs is 1. The maximum Gasteiger partial charge on any atom is 0.417 e. The molecule has 0 bridgehead atoms. The van der Waals surface area contributed by atoms with Gasteiger partial charge in [-0.3, -0.25) is 4.79 Å². The van der Waals surface area contributed by atoms with Crippen LogP contribution < -0.4 is 0 Å². The SMILES string of the molecule is CCC1c2ccsc2CCN1C(=O)C1CCN(S(=O)(=O)c2ccccc2C(F)(F)F)CC1. The molecular weight excluding hydrogens is 461 g/mol. The summed E-state index contributed by atoms with van der Waals surface area (Å²) in [4.78, 5) is 15.8. The number of halogens is 3. The first-order valence-corrected chi connectivity index (χ1v) is 13.0. The van der Waals surface area contributed by atoms with Crippen LogP contribution in [0.15, 0.2) is 40.6 Å². The Balaban J connectivity index is 1.47. The number of thiophene rings is 1. The molecule has 2 aromatic rings. The van der Waals surface area contributed by atoms with Crippen LogP contribution in [0.2, 0.25) is 0 Å². The van der Waals surface area contributed by atoms with Gasteiger partial charge in [-0.15, -0.1) is 11.3 Å². The van der Waals surface area contributed by atoms with E-state index in [2.05, 4.69) is 6.07 Å². The number of piperidine rings is 1. The smallest absolute Gasteiger partial charge is 0.335 e. The van der Waals surface area contributed by atoms with E-state index in [-0.39, 0.29) is 31.0 Å². The highest BCUT2D eigenvalue weighted by molar-refractivity contribution is 7.89. The van der Waals surface area contributed by atoms with E-state index in [1.54, 1.807) is 11.3 Å². The second-order valence-corrected chi connectivity index (χ2v) is 11.1. The molecule has 2 aliphatic heterocycles. The number of hydrogen-bond donors (Lipinski definition) is 0. The predicted molar refractivity (Wildman–Crippen MR) is 116 cm³/mol. The van der Waals surface area contributed by atoms with Gasteiger partial charge in [0, 0.05) is 30.4 Å². The molecule has 32 heavy (non-hydrogen) atoms. The second kappa shape index (κ2) is 8.79. The number of carbonyl (C=O) groups excluding carboxylic acids is 1. The fraction of sp³-hybridized carbons (Fsp3) is 0.500. The summed E-state index contributed by atoms with van der Waals surface area (Å²) in [5.74, 6) is -0.310. The third kappa shape index (κ3) is 4.20. The highest BCUT2D eigenvalue weighted by Crippen LogP contribution is 2.38. The third-order valence-electron chi connectivity index (χ3n) is 6.38. The van der Waals surface area contributed by atoms with Gasteiger partial charge >= 0.3 is 6.18 Å². The number of alkyl halides is 3. The van der Waals surface area contributed by atoms with E-state index in [1.807, 2.05) is 17.2 Å². The highest BCUT2D eigenvalue weighted by Gasteiger charge is 2.41. The lowest BCUT2D eigenvalue weighted by atomic mass is 9.92. The van der Waals surface area contributed by atoms with Gasteiger partial charge in [-0.05, 0) is 54.8 Å². The number of amides is 1. The Morgan fingerprint density at radius 1 is 1.12 bits per heavy atom. The quantitative estimate of drug-likeness (QED) is 0.629. The van der Waals surface area contributed by atoms with E-state index >= 15 is 0 Å². The lowest BCUT2D eigenvalue weighted by Gasteiger charge is -2.39. The summed E-state index contributed by atoms with van der Waals surface area (Å²) in [6, 6.07) is 6.34. The van der Waals surface area contributed by atoms with Crippen LogP contribution in [0.25, 0.3) is 0 Å². The Morgan fingerprint density at radius 3 is 2.47 bits per heavy atom. The van der Waals surface area contributed by atoms with Crippen LogP contribution >= 0.6 is 11.3 Å². The van der Waals surface area contributed by atoms with E-state index in [9.17, 15) is 26.4 Å². The molecule has 0 radical (unpaired) electrons. The number of benzene rings is 1. The first-order valence-electron chi connectivity index (χ1n) is 10.7. The monoisotopic (exact) mass is 486 g/mol. The minimum Gasteiger partial charge on any atom is -0.335 e. The third-order valence-corrected chi connectivity index (χ3v) is 9.33. The van der Waals surface area contributed by atoms with Gasteiger partial charge in [-0.25, -0.2) is 8.42 Å². The molecule has 0 aliphatic carbocycles. The lowest BCUT2D eigenvalue weighted by molar-refractivity contribution is -0.140. The van der Waals surface area contributed by atoms with Gasteiger partial charge in [0.2, 0.25) is 15.9 Å². The molecule has 1 aromatic carbocycles.